The topological polar surface area (TPSA) is 108 Å². The third-order valence-electron chi connectivity index (χ3n) is 6.18. The summed E-state index contributed by atoms with van der Waals surface area (Å²) >= 11 is 0. The van der Waals surface area contributed by atoms with Gasteiger partial charge in [-0.25, -0.2) is 18.4 Å². The van der Waals surface area contributed by atoms with Crippen LogP contribution in [0.2, 0.25) is 0 Å². The molecule has 34 heavy (non-hydrogen) atoms. The smallest absolute Gasteiger partial charge is 0.243 e. The number of nitrogens with one attached hydrogen (secondary N) is 3. The van der Waals surface area contributed by atoms with Crippen molar-refractivity contribution in [3.05, 3.63) is 72.3 Å². The van der Waals surface area contributed by atoms with Gasteiger partial charge in [0.15, 0.2) is 0 Å². The van der Waals surface area contributed by atoms with Crippen molar-refractivity contribution in [1.29, 1.82) is 0 Å². The molecule has 0 radical (unpaired) electrons. The van der Waals surface area contributed by atoms with Crippen molar-refractivity contribution in [2.75, 3.05) is 31.6 Å². The summed E-state index contributed by atoms with van der Waals surface area (Å²) in [6.07, 6.45) is 11.8. The number of allylic oxidation sites excluding steroid dienone is 2. The lowest BCUT2D eigenvalue weighted by Gasteiger charge is -2.34. The molecule has 3 aliphatic heterocycles. The van der Waals surface area contributed by atoms with Crippen molar-refractivity contribution >= 4 is 27.2 Å². The number of nitrogens with zero attached hydrogens (tertiary/aromatic N) is 3. The van der Waals surface area contributed by atoms with Crippen LogP contribution in [0.5, 0.6) is 0 Å². The molecule has 0 saturated carbocycles. The molecule has 10 heteroatoms. The summed E-state index contributed by atoms with van der Waals surface area (Å²) in [7, 11) is -3.53. The molecule has 2 aromatic rings. The van der Waals surface area contributed by atoms with Gasteiger partial charge in [0.25, 0.3) is 0 Å². The van der Waals surface area contributed by atoms with Crippen LogP contribution in [-0.2, 0) is 14.8 Å². The Morgan fingerprint density at radius 1 is 1.15 bits per heavy atom. The Morgan fingerprint density at radius 3 is 2.71 bits per heavy atom. The van der Waals surface area contributed by atoms with Gasteiger partial charge in [-0.1, -0.05) is 19.4 Å². The highest BCUT2D eigenvalue weighted by molar-refractivity contribution is 7.89. The molecule has 1 unspecified atom stereocenters. The van der Waals surface area contributed by atoms with E-state index in [0.29, 0.717) is 37.9 Å². The Balaban J connectivity index is 1.33. The number of dihydropyridines is 1. The van der Waals surface area contributed by atoms with E-state index >= 15 is 0 Å². The van der Waals surface area contributed by atoms with Crippen LogP contribution < -0.4 is 16.0 Å². The number of hydrogen-bond acceptors (Lipinski definition) is 8. The fourth-order valence-corrected chi connectivity index (χ4v) is 5.89. The molecule has 3 aliphatic rings. The van der Waals surface area contributed by atoms with Crippen molar-refractivity contribution in [3.63, 3.8) is 0 Å². The molecule has 3 N–H and O–H groups in total. The Labute approximate surface area is 199 Å². The Hall–Kier alpha value is -3.21. The molecular weight excluding hydrogens is 452 g/mol. The van der Waals surface area contributed by atoms with E-state index < -0.39 is 10.0 Å². The van der Waals surface area contributed by atoms with Crippen LogP contribution in [-0.4, -0.2) is 54.7 Å². The fraction of sp³-hybridized carbons (Fsp3) is 0.333. The highest BCUT2D eigenvalue weighted by atomic mass is 32.2. The normalized spacial score (nSPS) is 22.3. The van der Waals surface area contributed by atoms with Crippen LogP contribution in [0.25, 0.3) is 5.57 Å². The van der Waals surface area contributed by atoms with Gasteiger partial charge in [-0.05, 0) is 49.0 Å². The number of fused-ring (bicyclic) bond motifs is 1. The second kappa shape index (κ2) is 9.21. The zero-order chi connectivity index (χ0) is 23.6. The molecule has 1 saturated heterocycles. The summed E-state index contributed by atoms with van der Waals surface area (Å²) in [6, 6.07) is 8.54. The fourth-order valence-electron chi connectivity index (χ4n) is 4.48. The van der Waals surface area contributed by atoms with E-state index in [1.165, 1.54) is 4.31 Å². The molecule has 1 fully saturated rings. The minimum absolute atomic E-state index is 0.258. The molecule has 4 heterocycles. The largest absolute Gasteiger partial charge is 0.379 e. The highest BCUT2D eigenvalue weighted by Gasteiger charge is 2.39. The predicted octanol–water partition coefficient (Wildman–Crippen LogP) is 2.72. The molecule has 0 amide bonds. The molecule has 1 atom stereocenters. The molecule has 1 aromatic heterocycles. The van der Waals surface area contributed by atoms with Crippen molar-refractivity contribution in [2.45, 2.75) is 30.3 Å². The van der Waals surface area contributed by atoms with Gasteiger partial charge >= 0.3 is 0 Å². The minimum Gasteiger partial charge on any atom is -0.379 e. The highest BCUT2D eigenvalue weighted by Crippen LogP contribution is 2.38. The lowest BCUT2D eigenvalue weighted by molar-refractivity contribution is 0.0730. The second-order valence-corrected chi connectivity index (χ2v) is 10.3. The third kappa shape index (κ3) is 4.20. The number of hydrogen-bond donors (Lipinski definition) is 3. The number of aromatic nitrogens is 2. The summed E-state index contributed by atoms with van der Waals surface area (Å²) in [5, 5.41) is 10.1. The monoisotopic (exact) mass is 480 g/mol. The average Bonchev–Trinajstić information content (AvgIpc) is 3.25. The van der Waals surface area contributed by atoms with Gasteiger partial charge in [0.2, 0.25) is 16.0 Å². The van der Waals surface area contributed by atoms with Crippen LogP contribution >= 0.6 is 0 Å². The molecular formula is C24H28N6O3S. The maximum Gasteiger partial charge on any atom is 0.243 e. The SMILES string of the molecule is CCCC12NC=CC=C1C(c1ccnc(Nc3ccc(S(=O)(=O)N4CCOCC4)cc3)n1)=CN2. The average molecular weight is 481 g/mol. The number of anilines is 2. The number of morpholine rings is 1. The Kier molecular flexibility index (Phi) is 6.11. The molecule has 1 aromatic carbocycles. The molecule has 9 nitrogen and oxygen atoms in total. The molecule has 0 aliphatic carbocycles. The molecule has 5 rings (SSSR count). The van der Waals surface area contributed by atoms with Crippen LogP contribution in [0.1, 0.15) is 25.5 Å². The van der Waals surface area contributed by atoms with E-state index in [-0.39, 0.29) is 10.6 Å². The van der Waals surface area contributed by atoms with Crippen molar-refractivity contribution in [3.8, 4) is 0 Å². The van der Waals surface area contributed by atoms with E-state index in [2.05, 4.69) is 33.9 Å². The summed E-state index contributed by atoms with van der Waals surface area (Å²) in [4.78, 5) is 9.32. The first-order valence-corrected chi connectivity index (χ1v) is 12.9. The van der Waals surface area contributed by atoms with Crippen LogP contribution in [0.15, 0.2) is 71.5 Å². The predicted molar refractivity (Wildman–Crippen MR) is 130 cm³/mol. The lowest BCUT2D eigenvalue weighted by atomic mass is 9.89. The van der Waals surface area contributed by atoms with E-state index in [9.17, 15) is 8.42 Å². The Bertz CT molecular complexity index is 1250. The van der Waals surface area contributed by atoms with Crippen LogP contribution in [0.3, 0.4) is 0 Å². The first-order valence-electron chi connectivity index (χ1n) is 11.4. The standard InChI is InChI=1S/C24H28N6O3S/c1-2-10-24-21(4-3-11-26-24)20(17-27-24)22-9-12-25-23(29-22)28-18-5-7-19(8-6-18)34(31,32)30-13-15-33-16-14-30/h3-9,11-12,17,26-27H,2,10,13-16H2,1H3,(H,25,28,29). The van der Waals surface area contributed by atoms with Crippen molar-refractivity contribution in [2.24, 2.45) is 0 Å². The van der Waals surface area contributed by atoms with E-state index in [0.717, 1.165) is 29.7 Å². The summed E-state index contributed by atoms with van der Waals surface area (Å²) in [5.41, 5.74) is 3.37. The van der Waals surface area contributed by atoms with E-state index in [1.54, 1.807) is 30.5 Å². The van der Waals surface area contributed by atoms with Crippen LogP contribution in [0.4, 0.5) is 11.6 Å². The van der Waals surface area contributed by atoms with Gasteiger partial charge in [0.1, 0.15) is 5.66 Å². The Morgan fingerprint density at radius 2 is 1.94 bits per heavy atom. The quantitative estimate of drug-likeness (QED) is 0.555. The van der Waals surface area contributed by atoms with Gasteiger partial charge in [0, 0.05) is 42.3 Å². The van der Waals surface area contributed by atoms with Crippen molar-refractivity contribution in [1.82, 2.24) is 24.9 Å². The maximum atomic E-state index is 12.8. The third-order valence-corrected chi connectivity index (χ3v) is 8.09. The van der Waals surface area contributed by atoms with Gasteiger partial charge in [-0.15, -0.1) is 0 Å². The number of sulfonamides is 1. The van der Waals surface area contributed by atoms with Gasteiger partial charge in [-0.3, -0.25) is 0 Å². The first-order chi connectivity index (χ1) is 16.5. The van der Waals surface area contributed by atoms with Crippen molar-refractivity contribution < 1.29 is 13.2 Å². The summed E-state index contributed by atoms with van der Waals surface area (Å²) in [5.74, 6) is 0.440. The minimum atomic E-state index is -3.53. The molecule has 0 bridgehead atoms. The summed E-state index contributed by atoms with van der Waals surface area (Å²) in [6.45, 7) is 3.74. The molecule has 0 spiro atoms. The zero-order valence-electron chi connectivity index (χ0n) is 19.0. The lowest BCUT2D eigenvalue weighted by Crippen LogP contribution is -2.52. The van der Waals surface area contributed by atoms with Gasteiger partial charge < -0.3 is 20.7 Å². The second-order valence-electron chi connectivity index (χ2n) is 8.37. The zero-order valence-corrected chi connectivity index (χ0v) is 19.8. The first kappa shape index (κ1) is 22.6. The van der Waals surface area contributed by atoms with Gasteiger partial charge in [-0.2, -0.15) is 4.31 Å². The number of ether oxygens (including phenoxy) is 1. The van der Waals surface area contributed by atoms with Gasteiger partial charge in [0.05, 0.1) is 23.8 Å². The maximum absolute atomic E-state index is 12.8. The molecule has 178 valence electrons. The number of benzene rings is 1. The van der Waals surface area contributed by atoms with Crippen LogP contribution in [0, 0.1) is 0 Å². The summed E-state index contributed by atoms with van der Waals surface area (Å²) < 4.78 is 32.4. The van der Waals surface area contributed by atoms with E-state index in [1.807, 2.05) is 24.5 Å². The number of rotatable bonds is 7. The van der Waals surface area contributed by atoms with E-state index in [4.69, 9.17) is 9.72 Å².